The average Bonchev–Trinajstić information content (AvgIpc) is 3.49. The molecule has 4 rings (SSSR count). The number of amides is 3. The van der Waals surface area contributed by atoms with Crippen LogP contribution in [0.1, 0.15) is 26.2 Å². The number of anilines is 1. The number of ether oxygens (including phenoxy) is 1. The number of hydrogen-bond acceptors (Lipinski definition) is 5. The van der Waals surface area contributed by atoms with Gasteiger partial charge in [-0.2, -0.15) is 0 Å². The van der Waals surface area contributed by atoms with Gasteiger partial charge in [-0.3, -0.25) is 14.4 Å². The van der Waals surface area contributed by atoms with Crippen molar-refractivity contribution in [1.29, 1.82) is 0 Å². The van der Waals surface area contributed by atoms with Crippen molar-refractivity contribution in [2.24, 2.45) is 11.8 Å². The first-order valence-corrected chi connectivity index (χ1v) is 14.4. The number of fused-ring (bicyclic) bond motifs is 1. The highest BCUT2D eigenvalue weighted by Gasteiger charge is 2.76. The van der Waals surface area contributed by atoms with Crippen LogP contribution in [-0.4, -0.2) is 88.0 Å². The van der Waals surface area contributed by atoms with Crippen LogP contribution in [0, 0.1) is 11.8 Å². The van der Waals surface area contributed by atoms with Gasteiger partial charge in [0.25, 0.3) is 5.91 Å². The van der Waals surface area contributed by atoms with E-state index in [0.717, 1.165) is 6.42 Å². The Bertz CT molecular complexity index is 1080. The molecule has 3 aliphatic rings. The molecule has 8 nitrogen and oxygen atoms in total. The number of aliphatic hydroxyl groups is 1. The molecule has 38 heavy (non-hydrogen) atoms. The van der Waals surface area contributed by atoms with Crippen molar-refractivity contribution in [3.63, 3.8) is 0 Å². The smallest absolute Gasteiger partial charge is 0.253 e. The third-order valence-electron chi connectivity index (χ3n) is 7.74. The van der Waals surface area contributed by atoms with E-state index >= 15 is 0 Å². The summed E-state index contributed by atoms with van der Waals surface area (Å²) in [6, 6.07) is 5.95. The molecule has 1 aromatic carbocycles. The summed E-state index contributed by atoms with van der Waals surface area (Å²) >= 11 is 9.80. The number of likely N-dealkylation sites (tertiary alicyclic amines) is 1. The molecule has 0 aliphatic carbocycles. The summed E-state index contributed by atoms with van der Waals surface area (Å²) in [7, 11) is 0. The second-order valence-corrected chi connectivity index (χ2v) is 11.7. The summed E-state index contributed by atoms with van der Waals surface area (Å²) < 4.78 is 6.59. The van der Waals surface area contributed by atoms with Crippen molar-refractivity contribution < 1.29 is 24.2 Å². The molecular weight excluding hydrogens is 574 g/mol. The molecule has 206 valence electrons. The lowest BCUT2D eigenvalue weighted by molar-refractivity contribution is -0.145. The summed E-state index contributed by atoms with van der Waals surface area (Å²) in [4.78, 5) is 46.9. The van der Waals surface area contributed by atoms with Crippen molar-refractivity contribution in [3.05, 3.63) is 54.6 Å². The molecule has 1 N–H and O–H groups in total. The highest BCUT2D eigenvalue weighted by Crippen LogP contribution is 2.60. The zero-order valence-electron chi connectivity index (χ0n) is 21.6. The summed E-state index contributed by atoms with van der Waals surface area (Å²) in [6.07, 6.45) is 4.26. The fourth-order valence-electron chi connectivity index (χ4n) is 6.32. The van der Waals surface area contributed by atoms with Gasteiger partial charge in [0.2, 0.25) is 11.8 Å². The quantitative estimate of drug-likeness (QED) is 0.290. The molecule has 3 aliphatic heterocycles. The van der Waals surface area contributed by atoms with E-state index in [1.54, 1.807) is 46.2 Å². The van der Waals surface area contributed by atoms with Crippen molar-refractivity contribution in [3.8, 4) is 0 Å². The second kappa shape index (κ2) is 11.9. The van der Waals surface area contributed by atoms with E-state index in [9.17, 15) is 19.5 Å². The van der Waals surface area contributed by atoms with Gasteiger partial charge in [0.15, 0.2) is 0 Å². The number of halogens is 2. The molecule has 0 radical (unpaired) electrons. The Labute approximate surface area is 237 Å². The molecule has 2 bridgehead atoms. The van der Waals surface area contributed by atoms with Gasteiger partial charge in [-0.25, -0.2) is 0 Å². The van der Waals surface area contributed by atoms with Crippen molar-refractivity contribution in [2.45, 2.75) is 48.8 Å². The Morgan fingerprint density at radius 3 is 2.53 bits per heavy atom. The number of benzene rings is 1. The van der Waals surface area contributed by atoms with Gasteiger partial charge in [0.1, 0.15) is 11.6 Å². The standard InChI is InChI=1S/C28H35BrClN3O5/c1-4-12-31(13-5-2)25(35)21-22-26(36)33(15-7-16-34)24(28(22)17-20(29)23(21)38-28)27(37)32(14-6-3)19-10-8-18(30)9-11-19/h4,6,8-11,20-24,34H,1,3,5,7,12-17H2,2H3/t20?,21-,22+,23-,24?,28?/m1/s1. The topological polar surface area (TPSA) is 90.4 Å². The summed E-state index contributed by atoms with van der Waals surface area (Å²) in [5, 5.41) is 10.1. The molecule has 6 atom stereocenters. The van der Waals surface area contributed by atoms with E-state index in [2.05, 4.69) is 29.1 Å². The van der Waals surface area contributed by atoms with Crippen molar-refractivity contribution in [1.82, 2.24) is 9.80 Å². The highest BCUT2D eigenvalue weighted by atomic mass is 79.9. The lowest BCUT2D eigenvalue weighted by Gasteiger charge is -2.37. The maximum Gasteiger partial charge on any atom is 0.253 e. The van der Waals surface area contributed by atoms with Crippen LogP contribution in [0.15, 0.2) is 49.6 Å². The van der Waals surface area contributed by atoms with Crippen molar-refractivity contribution >= 4 is 50.9 Å². The van der Waals surface area contributed by atoms with Crippen LogP contribution >= 0.6 is 27.5 Å². The first-order valence-electron chi connectivity index (χ1n) is 13.1. The van der Waals surface area contributed by atoms with Gasteiger partial charge in [-0.05, 0) is 43.5 Å². The third-order valence-corrected chi connectivity index (χ3v) is 8.83. The van der Waals surface area contributed by atoms with E-state index in [1.807, 2.05) is 6.92 Å². The Hall–Kier alpha value is -2.20. The van der Waals surface area contributed by atoms with Gasteiger partial charge in [0.05, 0.1) is 17.9 Å². The van der Waals surface area contributed by atoms with Gasteiger partial charge >= 0.3 is 0 Å². The maximum atomic E-state index is 14.4. The highest BCUT2D eigenvalue weighted by molar-refractivity contribution is 9.09. The predicted molar refractivity (Wildman–Crippen MR) is 150 cm³/mol. The SMILES string of the molecule is C=CCN(CCC)C(=O)[C@H]1[C@@H]2OC3(CC2Br)C(C(=O)N(CC=C)c2ccc(Cl)cc2)N(CCCO)C(=O)[C@H]13. The van der Waals surface area contributed by atoms with E-state index in [4.69, 9.17) is 16.3 Å². The van der Waals surface area contributed by atoms with Crippen LogP contribution in [0.25, 0.3) is 0 Å². The first-order chi connectivity index (χ1) is 18.2. The normalized spacial score (nSPS) is 29.3. The Balaban J connectivity index is 1.78. The maximum absolute atomic E-state index is 14.4. The molecule has 3 saturated heterocycles. The van der Waals surface area contributed by atoms with Crippen LogP contribution in [0.2, 0.25) is 5.02 Å². The predicted octanol–water partition coefficient (Wildman–Crippen LogP) is 3.41. The monoisotopic (exact) mass is 607 g/mol. The molecule has 3 fully saturated rings. The second-order valence-electron chi connectivity index (χ2n) is 10.1. The van der Waals surface area contributed by atoms with Crippen LogP contribution in [0.3, 0.4) is 0 Å². The van der Waals surface area contributed by atoms with Gasteiger partial charge in [0, 0.05) is 48.3 Å². The molecular formula is C28H35BrClN3O5. The average molecular weight is 609 g/mol. The number of alkyl halides is 1. The van der Waals surface area contributed by atoms with E-state index in [1.165, 1.54) is 4.90 Å². The van der Waals surface area contributed by atoms with Crippen LogP contribution in [0.4, 0.5) is 5.69 Å². The number of hydrogen-bond donors (Lipinski definition) is 1. The Kier molecular flexibility index (Phi) is 9.02. The molecule has 3 heterocycles. The molecule has 3 unspecified atom stereocenters. The molecule has 1 spiro atoms. The fourth-order valence-corrected chi connectivity index (χ4v) is 7.39. The summed E-state index contributed by atoms with van der Waals surface area (Å²) in [6.45, 7) is 10.8. The van der Waals surface area contributed by atoms with Gasteiger partial charge in [-0.1, -0.05) is 46.6 Å². The number of carbonyl (C=O) groups is 3. The number of rotatable bonds is 12. The van der Waals surface area contributed by atoms with E-state index < -0.39 is 29.6 Å². The van der Waals surface area contributed by atoms with Crippen molar-refractivity contribution in [2.75, 3.05) is 37.7 Å². The van der Waals surface area contributed by atoms with Crippen LogP contribution in [-0.2, 0) is 19.1 Å². The van der Waals surface area contributed by atoms with E-state index in [0.29, 0.717) is 36.6 Å². The lowest BCUT2D eigenvalue weighted by atomic mass is 9.70. The van der Waals surface area contributed by atoms with Crippen LogP contribution in [0.5, 0.6) is 0 Å². The lowest BCUT2D eigenvalue weighted by Crippen LogP contribution is -2.57. The molecule has 0 aromatic heterocycles. The Morgan fingerprint density at radius 1 is 1.24 bits per heavy atom. The van der Waals surface area contributed by atoms with Crippen LogP contribution < -0.4 is 4.90 Å². The number of nitrogens with zero attached hydrogens (tertiary/aromatic N) is 3. The first kappa shape index (κ1) is 28.8. The summed E-state index contributed by atoms with van der Waals surface area (Å²) in [5.41, 5.74) is -0.551. The minimum atomic E-state index is -1.17. The zero-order valence-corrected chi connectivity index (χ0v) is 23.9. The molecule has 3 amide bonds. The minimum absolute atomic E-state index is 0.133. The fraction of sp³-hybridized carbons (Fsp3) is 0.536. The van der Waals surface area contributed by atoms with E-state index in [-0.39, 0.29) is 42.2 Å². The molecule has 0 saturated carbocycles. The number of aliphatic hydroxyl groups excluding tert-OH is 1. The third kappa shape index (κ3) is 4.83. The van der Waals surface area contributed by atoms with Gasteiger partial charge < -0.3 is 24.5 Å². The Morgan fingerprint density at radius 2 is 1.92 bits per heavy atom. The molecule has 10 heteroatoms. The number of carbonyl (C=O) groups excluding carboxylic acids is 3. The van der Waals surface area contributed by atoms with Gasteiger partial charge in [-0.15, -0.1) is 13.2 Å². The minimum Gasteiger partial charge on any atom is -0.396 e. The summed E-state index contributed by atoms with van der Waals surface area (Å²) in [5.74, 6) is -2.25. The zero-order chi connectivity index (χ0) is 27.6. The molecule has 1 aromatic rings. The largest absolute Gasteiger partial charge is 0.396 e.